The van der Waals surface area contributed by atoms with Crippen molar-refractivity contribution in [2.24, 2.45) is 7.05 Å². The van der Waals surface area contributed by atoms with Crippen molar-refractivity contribution < 1.29 is 22.8 Å². The summed E-state index contributed by atoms with van der Waals surface area (Å²) in [7, 11) is 1.71. The van der Waals surface area contributed by atoms with E-state index in [-0.39, 0.29) is 45.9 Å². The summed E-state index contributed by atoms with van der Waals surface area (Å²) in [5.41, 5.74) is 3.62. The van der Waals surface area contributed by atoms with E-state index in [1.54, 1.807) is 22.7 Å². The van der Waals surface area contributed by atoms with Crippen LogP contribution in [0.1, 0.15) is 97.1 Å². The van der Waals surface area contributed by atoms with E-state index >= 15 is 9.18 Å². The topological polar surface area (TPSA) is 155 Å². The molecule has 6 aromatic heterocycles. The third-order valence-electron chi connectivity index (χ3n) is 13.3. The maximum atomic E-state index is 16.1. The van der Waals surface area contributed by atoms with E-state index in [0.717, 1.165) is 23.9 Å². The van der Waals surface area contributed by atoms with Crippen LogP contribution in [0.4, 0.5) is 8.78 Å². The van der Waals surface area contributed by atoms with E-state index in [0.29, 0.717) is 65.4 Å². The minimum Gasteiger partial charge on any atom is -0.376 e. The third-order valence-corrected chi connectivity index (χ3v) is 13.5. The molecule has 1 saturated carbocycles. The highest BCUT2D eigenvalue weighted by Gasteiger charge is 2.54. The predicted molar refractivity (Wildman–Crippen MR) is 227 cm³/mol. The summed E-state index contributed by atoms with van der Waals surface area (Å²) in [6.07, 6.45) is 9.69. The van der Waals surface area contributed by atoms with Crippen molar-refractivity contribution in [3.63, 3.8) is 0 Å². The van der Waals surface area contributed by atoms with Crippen molar-refractivity contribution in [3.8, 4) is 17.2 Å². The molecule has 1 amide bonds. The number of aromatic amines is 1. The number of pyridine rings is 1. The van der Waals surface area contributed by atoms with Crippen molar-refractivity contribution in [3.05, 3.63) is 145 Å². The standard InChI is InChI=1S/C45H41ClF2N10O5/c1-24-36-33(51-58(27-5-6-32(47)31(46)21-27)39(36)57-17-16-56(43(57)61)35-8-7-34-30(37(35)48)23-49-53(34)4)10-15-54(24)40(59)29-20-28-19-25(26-11-18-62-44(2,3)22-26)9-14-55(28)38(29)45(12-13-45)41-50-42(60)63-52-41/h5-9,14,16-17,19-21,23-24,26H,10-13,15,18,22H2,1-4H3,(H,50,52,60)/t24-,26+/m0/s1. The van der Waals surface area contributed by atoms with Crippen LogP contribution in [0.3, 0.4) is 0 Å². The molecule has 1 saturated heterocycles. The van der Waals surface area contributed by atoms with Crippen molar-refractivity contribution in [2.45, 2.75) is 75.9 Å². The Hall–Kier alpha value is -6.59. The van der Waals surface area contributed by atoms with E-state index in [1.807, 2.05) is 23.6 Å². The van der Waals surface area contributed by atoms with E-state index in [2.05, 4.69) is 41.2 Å². The first-order valence-corrected chi connectivity index (χ1v) is 21.3. The van der Waals surface area contributed by atoms with Crippen LogP contribution >= 0.6 is 11.6 Å². The molecule has 0 bridgehead atoms. The number of rotatable bonds is 7. The number of hydrogen-bond acceptors (Lipinski definition) is 8. The fraction of sp³-hybridized carbons (Fsp3) is 0.333. The average molecular weight is 875 g/mol. The quantitative estimate of drug-likeness (QED) is 0.178. The molecule has 322 valence electrons. The van der Waals surface area contributed by atoms with Gasteiger partial charge in [0.15, 0.2) is 11.6 Å². The number of benzene rings is 2. The molecule has 8 aromatic rings. The molecule has 63 heavy (non-hydrogen) atoms. The number of halogens is 3. The number of H-pyrrole nitrogens is 1. The van der Waals surface area contributed by atoms with Gasteiger partial charge in [0, 0.05) is 62.0 Å². The molecular formula is C45H41ClF2N10O5. The fourth-order valence-electron chi connectivity index (χ4n) is 9.97. The third kappa shape index (κ3) is 6.07. The zero-order valence-electron chi connectivity index (χ0n) is 34.7. The predicted octanol–water partition coefficient (Wildman–Crippen LogP) is 7.07. The van der Waals surface area contributed by atoms with Crippen LogP contribution in [0.15, 0.2) is 87.4 Å². The molecule has 18 heteroatoms. The zero-order chi connectivity index (χ0) is 43.7. The second-order valence-electron chi connectivity index (χ2n) is 17.5. The number of ether oxygens (including phenoxy) is 1. The van der Waals surface area contributed by atoms with Crippen molar-refractivity contribution in [1.82, 2.24) is 48.1 Å². The Morgan fingerprint density at radius 3 is 2.57 bits per heavy atom. The van der Waals surface area contributed by atoms with Crippen LogP contribution in [-0.2, 0) is 23.6 Å². The second-order valence-corrected chi connectivity index (χ2v) is 17.9. The Labute approximate surface area is 362 Å². The first-order valence-electron chi connectivity index (χ1n) is 20.9. The van der Waals surface area contributed by atoms with E-state index in [4.69, 9.17) is 26.0 Å². The summed E-state index contributed by atoms with van der Waals surface area (Å²) < 4.78 is 49.3. The van der Waals surface area contributed by atoms with Gasteiger partial charge in [0.25, 0.3) is 5.91 Å². The molecule has 2 atom stereocenters. The average Bonchev–Trinajstić information content (AvgIpc) is 3.72. The van der Waals surface area contributed by atoms with Gasteiger partial charge < -0.3 is 14.0 Å². The van der Waals surface area contributed by atoms with Crippen molar-refractivity contribution >= 4 is 33.9 Å². The highest BCUT2D eigenvalue weighted by atomic mass is 35.5. The molecule has 2 aromatic carbocycles. The minimum atomic E-state index is -0.780. The molecule has 15 nitrogen and oxygen atoms in total. The lowest BCUT2D eigenvalue weighted by Gasteiger charge is -2.35. The maximum absolute atomic E-state index is 16.1. The first-order chi connectivity index (χ1) is 30.2. The molecule has 0 spiro atoms. The van der Waals surface area contributed by atoms with E-state index < -0.39 is 34.5 Å². The summed E-state index contributed by atoms with van der Waals surface area (Å²) in [5.74, 6) is -1.28. The van der Waals surface area contributed by atoms with Crippen LogP contribution in [0.2, 0.25) is 5.02 Å². The Morgan fingerprint density at radius 2 is 1.83 bits per heavy atom. The Kier molecular flexibility index (Phi) is 8.70. The summed E-state index contributed by atoms with van der Waals surface area (Å²) >= 11 is 6.31. The number of nitrogens with zero attached hydrogens (tertiary/aromatic N) is 9. The molecule has 1 aliphatic carbocycles. The number of aromatic nitrogens is 9. The lowest BCUT2D eigenvalue weighted by atomic mass is 9.84. The van der Waals surface area contributed by atoms with Crippen LogP contribution in [-0.4, -0.2) is 72.8 Å². The van der Waals surface area contributed by atoms with Crippen LogP contribution in [0.25, 0.3) is 33.6 Å². The number of hydrogen-bond donors (Lipinski definition) is 1. The van der Waals surface area contributed by atoms with Gasteiger partial charge in [-0.1, -0.05) is 16.8 Å². The number of carbonyl (C=O) groups excluding carboxylic acids is 1. The van der Waals surface area contributed by atoms with Gasteiger partial charge >= 0.3 is 11.4 Å². The number of imidazole rings is 1. The molecule has 11 rings (SSSR count). The van der Waals surface area contributed by atoms with Crippen molar-refractivity contribution in [2.75, 3.05) is 13.2 Å². The van der Waals surface area contributed by atoms with Gasteiger partial charge in [0.1, 0.15) is 11.6 Å². The Bertz CT molecular complexity index is 3310. The Morgan fingerprint density at radius 1 is 1.02 bits per heavy atom. The van der Waals surface area contributed by atoms with Crippen LogP contribution < -0.4 is 11.4 Å². The number of nitrogens with one attached hydrogen (secondary N) is 1. The molecule has 2 aliphatic heterocycles. The van der Waals surface area contributed by atoms with Gasteiger partial charge in [-0.15, -0.1) is 0 Å². The molecule has 0 radical (unpaired) electrons. The van der Waals surface area contributed by atoms with Gasteiger partial charge in [0.05, 0.1) is 61.8 Å². The summed E-state index contributed by atoms with van der Waals surface area (Å²) in [5, 5.41) is 13.4. The van der Waals surface area contributed by atoms with Gasteiger partial charge in [-0.2, -0.15) is 10.2 Å². The highest BCUT2D eigenvalue weighted by molar-refractivity contribution is 6.30. The molecule has 8 heterocycles. The fourth-order valence-corrected chi connectivity index (χ4v) is 10.1. The molecule has 3 aliphatic rings. The lowest BCUT2D eigenvalue weighted by Crippen LogP contribution is -2.40. The smallest absolute Gasteiger partial charge is 0.376 e. The van der Waals surface area contributed by atoms with E-state index in [9.17, 15) is 14.0 Å². The lowest BCUT2D eigenvalue weighted by molar-refractivity contribution is -0.0593. The van der Waals surface area contributed by atoms with Crippen LogP contribution in [0.5, 0.6) is 0 Å². The van der Waals surface area contributed by atoms with Gasteiger partial charge in [-0.25, -0.2) is 23.1 Å². The van der Waals surface area contributed by atoms with Gasteiger partial charge in [-0.3, -0.25) is 28.1 Å². The minimum absolute atomic E-state index is 0.0216. The normalized spacial score (nSPS) is 19.3. The monoisotopic (exact) mass is 874 g/mol. The molecular weight excluding hydrogens is 834 g/mol. The Balaban J connectivity index is 1.04. The number of carbonyl (C=O) groups is 1. The van der Waals surface area contributed by atoms with E-state index in [1.165, 1.54) is 56.7 Å². The molecule has 2 fully saturated rings. The highest BCUT2D eigenvalue weighted by Crippen LogP contribution is 2.54. The van der Waals surface area contributed by atoms with Crippen LogP contribution in [0, 0.1) is 11.6 Å². The van der Waals surface area contributed by atoms with Crippen molar-refractivity contribution in [1.29, 1.82) is 0 Å². The number of amides is 1. The molecule has 1 N–H and O–H groups in total. The second kappa shape index (κ2) is 14.0. The molecule has 0 unspecified atom stereocenters. The maximum Gasteiger partial charge on any atom is 0.438 e. The zero-order valence-corrected chi connectivity index (χ0v) is 35.5. The number of aryl methyl sites for hydroxylation is 1. The number of fused-ring (bicyclic) bond motifs is 3. The van der Waals surface area contributed by atoms with Gasteiger partial charge in [0.2, 0.25) is 0 Å². The largest absolute Gasteiger partial charge is 0.438 e. The summed E-state index contributed by atoms with van der Waals surface area (Å²) in [4.78, 5) is 46.8. The summed E-state index contributed by atoms with van der Waals surface area (Å²) in [6.45, 7) is 7.01. The first kappa shape index (κ1) is 39.3. The van der Waals surface area contributed by atoms with Gasteiger partial charge in [-0.05, 0) is 106 Å². The summed E-state index contributed by atoms with van der Waals surface area (Å²) in [6, 6.07) is 12.9. The SMILES string of the molecule is C[C@H]1c2c(nn(-c3ccc(F)c(Cl)c3)c2-n2ccn(-c3ccc4c(cnn4C)c3F)c2=O)CCN1C(=O)c1cc2cc([C@@H]3CCOC(C)(C)C3)ccn2c1C1(c2noc(=O)[nH]2)CC1.